The van der Waals surface area contributed by atoms with Crippen molar-refractivity contribution in [3.63, 3.8) is 0 Å². The Morgan fingerprint density at radius 3 is 2.50 bits per heavy atom. The molecule has 0 saturated carbocycles. The third-order valence-electron chi connectivity index (χ3n) is 4.94. The highest BCUT2D eigenvalue weighted by Crippen LogP contribution is 2.19. The van der Waals surface area contributed by atoms with Crippen molar-refractivity contribution in [3.05, 3.63) is 36.0 Å². The lowest BCUT2D eigenvalue weighted by Crippen LogP contribution is -2.56. The second-order valence-electron chi connectivity index (χ2n) is 7.34. The molecule has 0 bridgehead atoms. The number of fused-ring (bicyclic) bond motifs is 1. The van der Waals surface area contributed by atoms with Gasteiger partial charge in [-0.05, 0) is 18.1 Å². The molecule has 11 heteroatoms. The quantitative estimate of drug-likeness (QED) is 0.170. The molecule has 3 atom stereocenters. The molecule has 3 amide bonds. The van der Waals surface area contributed by atoms with Crippen LogP contribution in [0.4, 0.5) is 0 Å². The van der Waals surface area contributed by atoms with Crippen LogP contribution in [0.15, 0.2) is 30.5 Å². The predicted molar refractivity (Wildman–Crippen MR) is 118 cm³/mol. The maximum atomic E-state index is 12.9. The van der Waals surface area contributed by atoms with E-state index in [-0.39, 0.29) is 32.5 Å². The number of aliphatic hydroxyl groups excluding tert-OH is 3. The second-order valence-corrected chi connectivity index (χ2v) is 7.34. The average molecular weight is 450 g/mol. The van der Waals surface area contributed by atoms with Crippen molar-refractivity contribution in [3.8, 4) is 0 Å². The minimum atomic E-state index is -1.15. The number of likely N-dealkylation sites (N-methyl/N-ethyl adjacent to an activating group) is 1. The van der Waals surface area contributed by atoms with Crippen LogP contribution in [-0.4, -0.2) is 89.6 Å². The van der Waals surface area contributed by atoms with Crippen LogP contribution in [-0.2, 0) is 20.8 Å². The Labute approximate surface area is 185 Å². The highest BCUT2D eigenvalue weighted by Gasteiger charge is 2.27. The Bertz CT molecular complexity index is 902. The van der Waals surface area contributed by atoms with Crippen LogP contribution >= 0.6 is 0 Å². The maximum Gasteiger partial charge on any atom is 0.244 e. The van der Waals surface area contributed by atoms with Gasteiger partial charge in [-0.2, -0.15) is 0 Å². The molecule has 2 rings (SSSR count). The standard InChI is InChI=1S/C21H31N5O6/c1-22-20(31)18(12-28)26-21(32)17(25-19(30)11-23-10-14(29)6-7-27)8-13-9-24-16-5-3-2-4-15(13)16/h2-5,9,14,17-18,23-24,27-29H,6-8,10-12H2,1H3,(H,22,31)(H,25,30)(H,26,32)/t14-,17+,18+/m1/s1. The van der Waals surface area contributed by atoms with Gasteiger partial charge in [-0.1, -0.05) is 18.2 Å². The van der Waals surface area contributed by atoms with Gasteiger partial charge in [0.1, 0.15) is 12.1 Å². The number of aliphatic hydroxyl groups is 3. The molecule has 8 N–H and O–H groups in total. The summed E-state index contributed by atoms with van der Waals surface area (Å²) in [7, 11) is 1.39. The molecule has 0 spiro atoms. The first-order valence-electron chi connectivity index (χ1n) is 10.4. The molecule has 1 aromatic carbocycles. The number of aromatic nitrogens is 1. The molecule has 1 aromatic heterocycles. The van der Waals surface area contributed by atoms with E-state index in [9.17, 15) is 24.6 Å². The molecule has 0 radical (unpaired) electrons. The summed E-state index contributed by atoms with van der Waals surface area (Å²) < 4.78 is 0. The summed E-state index contributed by atoms with van der Waals surface area (Å²) in [4.78, 5) is 40.3. The molecule has 0 aliphatic heterocycles. The fraction of sp³-hybridized carbons (Fsp3) is 0.476. The SMILES string of the molecule is CNC(=O)[C@H](CO)NC(=O)[C@H](Cc1c[nH]c2ccccc12)NC(=O)CNC[C@H](O)CCO. The van der Waals surface area contributed by atoms with E-state index in [1.807, 2.05) is 24.3 Å². The van der Waals surface area contributed by atoms with E-state index in [0.717, 1.165) is 16.5 Å². The third kappa shape index (κ3) is 7.31. The van der Waals surface area contributed by atoms with Gasteiger partial charge in [0.25, 0.3) is 0 Å². The maximum absolute atomic E-state index is 12.9. The number of H-pyrrole nitrogens is 1. The number of rotatable bonds is 13. The molecular formula is C21H31N5O6. The van der Waals surface area contributed by atoms with Crippen molar-refractivity contribution in [2.75, 3.05) is 33.4 Å². The van der Waals surface area contributed by atoms with Crippen LogP contribution < -0.4 is 21.3 Å². The zero-order valence-corrected chi connectivity index (χ0v) is 17.9. The Morgan fingerprint density at radius 1 is 1.06 bits per heavy atom. The number of para-hydroxylation sites is 1. The van der Waals surface area contributed by atoms with Crippen molar-refractivity contribution in [2.24, 2.45) is 0 Å². The lowest BCUT2D eigenvalue weighted by atomic mass is 10.0. The number of benzene rings is 1. The topological polar surface area (TPSA) is 176 Å². The third-order valence-corrected chi connectivity index (χ3v) is 4.94. The fourth-order valence-corrected chi connectivity index (χ4v) is 3.22. The van der Waals surface area contributed by atoms with Gasteiger partial charge in [-0.25, -0.2) is 0 Å². The molecule has 176 valence electrons. The van der Waals surface area contributed by atoms with Gasteiger partial charge in [0.15, 0.2) is 0 Å². The number of carbonyl (C=O) groups excluding carboxylic acids is 3. The molecule has 2 aromatic rings. The Morgan fingerprint density at radius 2 is 1.81 bits per heavy atom. The largest absolute Gasteiger partial charge is 0.396 e. The zero-order chi connectivity index (χ0) is 23.5. The lowest BCUT2D eigenvalue weighted by Gasteiger charge is -2.22. The summed E-state index contributed by atoms with van der Waals surface area (Å²) in [5.41, 5.74) is 1.68. The second kappa shape index (κ2) is 12.8. The number of hydrogen-bond donors (Lipinski definition) is 8. The van der Waals surface area contributed by atoms with Crippen LogP contribution in [0.25, 0.3) is 10.9 Å². The Balaban J connectivity index is 2.10. The lowest BCUT2D eigenvalue weighted by molar-refractivity contribution is -0.132. The Kier molecular flexibility index (Phi) is 10.1. The number of amides is 3. The molecule has 0 aliphatic rings. The first-order valence-corrected chi connectivity index (χ1v) is 10.4. The highest BCUT2D eigenvalue weighted by molar-refractivity contribution is 5.93. The van der Waals surface area contributed by atoms with E-state index < -0.39 is 42.5 Å². The molecule has 32 heavy (non-hydrogen) atoms. The summed E-state index contributed by atoms with van der Waals surface area (Å²) in [5.74, 6) is -1.66. The smallest absolute Gasteiger partial charge is 0.244 e. The summed E-state index contributed by atoms with van der Waals surface area (Å²) >= 11 is 0. The fourth-order valence-electron chi connectivity index (χ4n) is 3.22. The minimum Gasteiger partial charge on any atom is -0.396 e. The van der Waals surface area contributed by atoms with Crippen LogP contribution in [0, 0.1) is 0 Å². The molecule has 0 fully saturated rings. The molecule has 11 nitrogen and oxygen atoms in total. The van der Waals surface area contributed by atoms with Gasteiger partial charge in [-0.15, -0.1) is 0 Å². The van der Waals surface area contributed by atoms with Gasteiger partial charge in [0, 0.05) is 43.7 Å². The first-order chi connectivity index (χ1) is 15.4. The van der Waals surface area contributed by atoms with E-state index in [4.69, 9.17) is 5.11 Å². The average Bonchev–Trinajstić information content (AvgIpc) is 3.19. The van der Waals surface area contributed by atoms with Crippen LogP contribution in [0.3, 0.4) is 0 Å². The van der Waals surface area contributed by atoms with Crippen molar-refractivity contribution in [1.29, 1.82) is 0 Å². The Hall–Kier alpha value is -2.99. The van der Waals surface area contributed by atoms with Crippen molar-refractivity contribution >= 4 is 28.6 Å². The normalized spacial score (nSPS) is 13.9. The van der Waals surface area contributed by atoms with Crippen molar-refractivity contribution in [1.82, 2.24) is 26.3 Å². The van der Waals surface area contributed by atoms with E-state index in [1.54, 1.807) is 6.20 Å². The first kappa shape index (κ1) is 25.3. The van der Waals surface area contributed by atoms with E-state index >= 15 is 0 Å². The molecule has 1 heterocycles. The zero-order valence-electron chi connectivity index (χ0n) is 17.9. The van der Waals surface area contributed by atoms with Crippen LogP contribution in [0.1, 0.15) is 12.0 Å². The van der Waals surface area contributed by atoms with E-state index in [2.05, 4.69) is 26.3 Å². The molecule has 0 unspecified atom stereocenters. The minimum absolute atomic E-state index is 0.108. The summed E-state index contributed by atoms with van der Waals surface area (Å²) in [6.45, 7) is -0.807. The van der Waals surface area contributed by atoms with Crippen LogP contribution in [0.2, 0.25) is 0 Å². The van der Waals surface area contributed by atoms with Gasteiger partial charge >= 0.3 is 0 Å². The van der Waals surface area contributed by atoms with E-state index in [0.29, 0.717) is 0 Å². The summed E-state index contributed by atoms with van der Waals surface area (Å²) in [6.07, 6.45) is 1.29. The van der Waals surface area contributed by atoms with Gasteiger partial charge in [0.05, 0.1) is 19.3 Å². The highest BCUT2D eigenvalue weighted by atomic mass is 16.3. The monoisotopic (exact) mass is 449 g/mol. The van der Waals surface area contributed by atoms with Gasteiger partial charge in [0.2, 0.25) is 17.7 Å². The van der Waals surface area contributed by atoms with E-state index in [1.165, 1.54) is 7.05 Å². The van der Waals surface area contributed by atoms with Crippen molar-refractivity contribution < 1.29 is 29.7 Å². The van der Waals surface area contributed by atoms with Crippen LogP contribution in [0.5, 0.6) is 0 Å². The predicted octanol–water partition coefficient (Wildman–Crippen LogP) is -2.25. The molecular weight excluding hydrogens is 418 g/mol. The summed E-state index contributed by atoms with van der Waals surface area (Å²) in [6, 6.07) is 5.36. The van der Waals surface area contributed by atoms with Crippen molar-refractivity contribution in [2.45, 2.75) is 31.0 Å². The number of carbonyl (C=O) groups is 3. The molecule has 0 aliphatic carbocycles. The number of nitrogens with one attached hydrogen (secondary N) is 5. The number of aromatic amines is 1. The van der Waals surface area contributed by atoms with Gasteiger partial charge in [-0.3, -0.25) is 14.4 Å². The summed E-state index contributed by atoms with van der Waals surface area (Å²) in [5, 5.41) is 39.0. The molecule has 0 saturated heterocycles. The van der Waals surface area contributed by atoms with Gasteiger partial charge < -0.3 is 41.6 Å². The number of hydrogen-bond acceptors (Lipinski definition) is 7.